The Balaban J connectivity index is 1.71. The van der Waals surface area contributed by atoms with E-state index in [1.165, 1.54) is 5.56 Å². The third-order valence-electron chi connectivity index (χ3n) is 4.80. The zero-order valence-electron chi connectivity index (χ0n) is 17.7. The van der Waals surface area contributed by atoms with Gasteiger partial charge in [-0.05, 0) is 49.1 Å². The molecule has 1 aromatic heterocycles. The summed E-state index contributed by atoms with van der Waals surface area (Å²) in [5.41, 5.74) is 2.92. The van der Waals surface area contributed by atoms with Crippen LogP contribution in [0.5, 0.6) is 0 Å². The highest BCUT2D eigenvalue weighted by atomic mass is 35.5. The third kappa shape index (κ3) is 5.36. The largest absolute Gasteiger partial charge is 0.419 e. The second-order valence-corrected chi connectivity index (χ2v) is 8.10. The van der Waals surface area contributed by atoms with E-state index >= 15 is 0 Å². The van der Waals surface area contributed by atoms with Gasteiger partial charge in [0.1, 0.15) is 0 Å². The van der Waals surface area contributed by atoms with Crippen LogP contribution < -0.4 is 0 Å². The van der Waals surface area contributed by atoms with Crippen LogP contribution in [0.2, 0.25) is 5.02 Å². The van der Waals surface area contributed by atoms with E-state index in [4.69, 9.17) is 16.0 Å². The van der Waals surface area contributed by atoms with E-state index in [0.29, 0.717) is 28.3 Å². The third-order valence-corrected chi connectivity index (χ3v) is 5.13. The van der Waals surface area contributed by atoms with Crippen molar-refractivity contribution in [3.8, 4) is 11.5 Å². The zero-order chi connectivity index (χ0) is 21.7. The maximum absolute atomic E-state index is 12.8. The normalized spacial score (nSPS) is 11.6. The predicted molar refractivity (Wildman–Crippen MR) is 120 cm³/mol. The van der Waals surface area contributed by atoms with Gasteiger partial charge in [0.2, 0.25) is 17.7 Å². The van der Waals surface area contributed by atoms with Gasteiger partial charge in [0.25, 0.3) is 0 Å². The number of rotatable bonds is 7. The smallest absolute Gasteiger partial charge is 0.249 e. The van der Waals surface area contributed by atoms with E-state index in [0.717, 1.165) is 5.56 Å². The lowest BCUT2D eigenvalue weighted by atomic mass is 10.0. The molecule has 0 fully saturated rings. The van der Waals surface area contributed by atoms with E-state index in [1.54, 1.807) is 17.0 Å². The van der Waals surface area contributed by atoms with E-state index in [-0.39, 0.29) is 18.5 Å². The number of nitrogens with zero attached hydrogens (tertiary/aromatic N) is 3. The Morgan fingerprint density at radius 2 is 1.77 bits per heavy atom. The van der Waals surface area contributed by atoms with Crippen LogP contribution in [0.4, 0.5) is 0 Å². The molecule has 0 N–H and O–H groups in total. The number of hydrogen-bond donors (Lipinski definition) is 0. The van der Waals surface area contributed by atoms with Gasteiger partial charge in [0.15, 0.2) is 0 Å². The summed E-state index contributed by atoms with van der Waals surface area (Å²) in [6.07, 6.45) is 3.40. The number of aromatic nitrogens is 2. The molecule has 156 valence electrons. The van der Waals surface area contributed by atoms with Gasteiger partial charge in [-0.3, -0.25) is 4.79 Å². The van der Waals surface area contributed by atoms with Crippen LogP contribution in [0.15, 0.2) is 59.0 Å². The maximum Gasteiger partial charge on any atom is 0.249 e. The Bertz CT molecular complexity index is 1020. The number of halogens is 1. The molecule has 0 aliphatic heterocycles. The minimum Gasteiger partial charge on any atom is -0.419 e. The summed E-state index contributed by atoms with van der Waals surface area (Å²) in [6.45, 7) is 8.45. The number of hydrogen-bond acceptors (Lipinski definition) is 4. The van der Waals surface area contributed by atoms with Gasteiger partial charge < -0.3 is 9.32 Å². The molecule has 6 heteroatoms. The molecule has 3 aromatic rings. The molecule has 1 heterocycles. The summed E-state index contributed by atoms with van der Waals surface area (Å²) in [7, 11) is 0. The number of carbonyl (C=O) groups excluding carboxylic acids is 1. The fraction of sp³-hybridized carbons (Fsp3) is 0.292. The first-order valence-electron chi connectivity index (χ1n) is 10.0. The predicted octanol–water partition coefficient (Wildman–Crippen LogP) is 5.96. The SMILES string of the molecule is CC(C)c1ccc(C=CC(=O)N(Cc2nnc(-c3ccccc3Cl)o2)C(C)C)cc1. The highest BCUT2D eigenvalue weighted by Gasteiger charge is 2.19. The highest BCUT2D eigenvalue weighted by Crippen LogP contribution is 2.26. The van der Waals surface area contributed by atoms with Crippen LogP contribution in [-0.2, 0) is 11.3 Å². The molecule has 0 radical (unpaired) electrons. The molecule has 0 atom stereocenters. The average Bonchev–Trinajstić information content (AvgIpc) is 3.19. The Labute approximate surface area is 182 Å². The van der Waals surface area contributed by atoms with Crippen molar-refractivity contribution >= 4 is 23.6 Å². The molecule has 0 bridgehead atoms. The summed E-state index contributed by atoms with van der Waals surface area (Å²) < 4.78 is 5.76. The van der Waals surface area contributed by atoms with Crippen molar-refractivity contribution in [1.82, 2.24) is 15.1 Å². The molecule has 0 spiro atoms. The Hall–Kier alpha value is -2.92. The topological polar surface area (TPSA) is 59.2 Å². The number of carbonyl (C=O) groups is 1. The first-order valence-corrected chi connectivity index (χ1v) is 10.4. The molecular weight excluding hydrogens is 398 g/mol. The van der Waals surface area contributed by atoms with Crippen LogP contribution in [0.1, 0.15) is 50.6 Å². The first kappa shape index (κ1) is 21.8. The van der Waals surface area contributed by atoms with E-state index < -0.39 is 0 Å². The molecule has 0 unspecified atom stereocenters. The summed E-state index contributed by atoms with van der Waals surface area (Å²) in [5.74, 6) is 1.07. The summed E-state index contributed by atoms with van der Waals surface area (Å²) >= 11 is 6.20. The van der Waals surface area contributed by atoms with E-state index in [1.807, 2.05) is 50.3 Å². The van der Waals surface area contributed by atoms with Gasteiger partial charge >= 0.3 is 0 Å². The van der Waals surface area contributed by atoms with E-state index in [9.17, 15) is 4.79 Å². The molecule has 5 nitrogen and oxygen atoms in total. The molecule has 0 saturated carbocycles. The van der Waals surface area contributed by atoms with Crippen molar-refractivity contribution in [1.29, 1.82) is 0 Å². The Kier molecular flexibility index (Phi) is 7.06. The minimum absolute atomic E-state index is 0.0267. The second kappa shape index (κ2) is 9.72. The Morgan fingerprint density at radius 1 is 1.07 bits per heavy atom. The zero-order valence-corrected chi connectivity index (χ0v) is 18.4. The van der Waals surface area contributed by atoms with Gasteiger partial charge in [-0.1, -0.05) is 61.8 Å². The fourth-order valence-corrected chi connectivity index (χ4v) is 3.19. The minimum atomic E-state index is -0.115. The molecule has 3 rings (SSSR count). The quantitative estimate of drug-likeness (QED) is 0.439. The lowest BCUT2D eigenvalue weighted by Gasteiger charge is -2.23. The lowest BCUT2D eigenvalue weighted by Crippen LogP contribution is -2.35. The van der Waals surface area contributed by atoms with Gasteiger partial charge in [-0.15, -0.1) is 10.2 Å². The van der Waals surface area contributed by atoms with Gasteiger partial charge in [-0.25, -0.2) is 0 Å². The molecule has 0 aliphatic rings. The van der Waals surface area contributed by atoms with Crippen LogP contribution in [0.3, 0.4) is 0 Å². The Morgan fingerprint density at radius 3 is 2.40 bits per heavy atom. The second-order valence-electron chi connectivity index (χ2n) is 7.70. The molecule has 2 aromatic carbocycles. The van der Waals surface area contributed by atoms with Crippen molar-refractivity contribution in [2.24, 2.45) is 0 Å². The van der Waals surface area contributed by atoms with Crippen molar-refractivity contribution in [2.75, 3.05) is 0 Å². The highest BCUT2D eigenvalue weighted by molar-refractivity contribution is 6.33. The van der Waals surface area contributed by atoms with Gasteiger partial charge in [0, 0.05) is 12.1 Å². The average molecular weight is 424 g/mol. The van der Waals surface area contributed by atoms with Crippen LogP contribution in [-0.4, -0.2) is 27.0 Å². The van der Waals surface area contributed by atoms with Crippen molar-refractivity contribution in [3.63, 3.8) is 0 Å². The van der Waals surface area contributed by atoms with Crippen molar-refractivity contribution in [2.45, 2.75) is 46.2 Å². The first-order chi connectivity index (χ1) is 14.3. The lowest BCUT2D eigenvalue weighted by molar-refractivity contribution is -0.128. The van der Waals surface area contributed by atoms with E-state index in [2.05, 4.69) is 36.2 Å². The van der Waals surface area contributed by atoms with Gasteiger partial charge in [-0.2, -0.15) is 0 Å². The van der Waals surface area contributed by atoms with Crippen LogP contribution >= 0.6 is 11.6 Å². The fourth-order valence-electron chi connectivity index (χ4n) is 2.98. The van der Waals surface area contributed by atoms with Crippen molar-refractivity contribution in [3.05, 3.63) is 76.6 Å². The molecule has 0 aliphatic carbocycles. The molecule has 30 heavy (non-hydrogen) atoms. The number of benzene rings is 2. The van der Waals surface area contributed by atoms with Crippen LogP contribution in [0.25, 0.3) is 17.5 Å². The summed E-state index contributed by atoms with van der Waals surface area (Å²) in [6, 6.07) is 15.5. The summed E-state index contributed by atoms with van der Waals surface area (Å²) in [5, 5.41) is 8.71. The maximum atomic E-state index is 12.8. The van der Waals surface area contributed by atoms with Gasteiger partial charge in [0.05, 0.1) is 17.1 Å². The standard InChI is InChI=1S/C24H26ClN3O2/c1-16(2)19-12-9-18(10-13-19)11-14-23(29)28(17(3)4)15-22-26-27-24(30-22)20-7-5-6-8-21(20)25/h5-14,16-17H,15H2,1-4H3. The molecule has 1 amide bonds. The molecule has 0 saturated heterocycles. The summed E-state index contributed by atoms with van der Waals surface area (Å²) in [4.78, 5) is 14.5. The van der Waals surface area contributed by atoms with Crippen LogP contribution in [0, 0.1) is 0 Å². The molecular formula is C24H26ClN3O2. The monoisotopic (exact) mass is 423 g/mol. The van der Waals surface area contributed by atoms with Crippen molar-refractivity contribution < 1.29 is 9.21 Å². The number of amides is 1.